The summed E-state index contributed by atoms with van der Waals surface area (Å²) in [6, 6.07) is 0.457. The van der Waals surface area contributed by atoms with Crippen LogP contribution in [0.3, 0.4) is 0 Å². The van der Waals surface area contributed by atoms with Crippen LogP contribution in [0.15, 0.2) is 0 Å². The van der Waals surface area contributed by atoms with Gasteiger partial charge in [-0.25, -0.2) is 0 Å². The van der Waals surface area contributed by atoms with E-state index in [1.807, 2.05) is 0 Å². The van der Waals surface area contributed by atoms with Crippen molar-refractivity contribution in [2.75, 3.05) is 19.6 Å². The van der Waals surface area contributed by atoms with Crippen molar-refractivity contribution in [2.45, 2.75) is 39.2 Å². The molecule has 1 N–H and O–H groups in total. The van der Waals surface area contributed by atoms with Crippen LogP contribution in [0, 0.1) is 5.41 Å². The molecule has 1 amide bonds. The lowest BCUT2D eigenvalue weighted by atomic mass is 9.92. The number of hydrogen-bond donors (Lipinski definition) is 1. The highest BCUT2D eigenvalue weighted by molar-refractivity contribution is 5.85. The minimum absolute atomic E-state index is 0. The van der Waals surface area contributed by atoms with Gasteiger partial charge in [0, 0.05) is 24.5 Å². The zero-order valence-corrected chi connectivity index (χ0v) is 10.4. The third kappa shape index (κ3) is 2.45. The van der Waals surface area contributed by atoms with Gasteiger partial charge in [-0.3, -0.25) is 4.79 Å². The summed E-state index contributed by atoms with van der Waals surface area (Å²) in [6.07, 6.45) is 3.39. The van der Waals surface area contributed by atoms with E-state index in [1.54, 1.807) is 0 Å². The van der Waals surface area contributed by atoms with E-state index in [9.17, 15) is 4.79 Å². The van der Waals surface area contributed by atoms with Crippen LogP contribution in [-0.4, -0.2) is 36.5 Å². The number of carbonyl (C=O) groups excluding carboxylic acids is 1. The van der Waals surface area contributed by atoms with Crippen LogP contribution >= 0.6 is 12.4 Å². The summed E-state index contributed by atoms with van der Waals surface area (Å²) in [5.74, 6) is 0.353. The second-order valence-electron chi connectivity index (χ2n) is 5.13. The molecule has 2 fully saturated rings. The van der Waals surface area contributed by atoms with Gasteiger partial charge in [0.1, 0.15) is 0 Å². The van der Waals surface area contributed by atoms with Crippen molar-refractivity contribution < 1.29 is 4.79 Å². The van der Waals surface area contributed by atoms with Crippen molar-refractivity contribution in [3.8, 4) is 0 Å². The molecule has 2 aliphatic heterocycles. The summed E-state index contributed by atoms with van der Waals surface area (Å²) >= 11 is 0. The molecule has 0 bridgehead atoms. The van der Waals surface area contributed by atoms with Crippen molar-refractivity contribution in [2.24, 2.45) is 5.41 Å². The second kappa shape index (κ2) is 4.71. The summed E-state index contributed by atoms with van der Waals surface area (Å²) in [7, 11) is 0. The molecule has 2 heterocycles. The third-order valence-electron chi connectivity index (χ3n) is 3.53. The van der Waals surface area contributed by atoms with Crippen molar-refractivity contribution in [1.29, 1.82) is 0 Å². The molecule has 3 nitrogen and oxygen atoms in total. The van der Waals surface area contributed by atoms with Crippen LogP contribution in [0.4, 0.5) is 0 Å². The molecule has 15 heavy (non-hydrogen) atoms. The smallest absolute Gasteiger partial charge is 0.228 e. The van der Waals surface area contributed by atoms with Crippen molar-refractivity contribution in [1.82, 2.24) is 10.2 Å². The third-order valence-corrected chi connectivity index (χ3v) is 3.53. The van der Waals surface area contributed by atoms with E-state index < -0.39 is 0 Å². The van der Waals surface area contributed by atoms with Gasteiger partial charge in [-0.15, -0.1) is 12.4 Å². The molecule has 0 aromatic rings. The number of nitrogens with zero attached hydrogens (tertiary/aromatic N) is 1. The molecule has 4 heteroatoms. The Morgan fingerprint density at radius 2 is 2.20 bits per heavy atom. The molecular weight excluding hydrogens is 212 g/mol. The van der Waals surface area contributed by atoms with Gasteiger partial charge in [0.25, 0.3) is 0 Å². The SMILES string of the molecule is CC1(C)CCN([C@H]2CCCNC2)C1=O.Cl. The van der Waals surface area contributed by atoms with Gasteiger partial charge in [-0.2, -0.15) is 0 Å². The number of rotatable bonds is 1. The predicted molar refractivity (Wildman–Crippen MR) is 63.3 cm³/mol. The number of likely N-dealkylation sites (tertiary alicyclic amines) is 1. The quantitative estimate of drug-likeness (QED) is 0.742. The predicted octanol–water partition coefficient (Wildman–Crippen LogP) is 1.42. The Bertz CT molecular complexity index is 237. The summed E-state index contributed by atoms with van der Waals surface area (Å²) < 4.78 is 0. The van der Waals surface area contributed by atoms with Crippen LogP contribution in [0.1, 0.15) is 33.1 Å². The van der Waals surface area contributed by atoms with E-state index in [4.69, 9.17) is 0 Å². The highest BCUT2D eigenvalue weighted by Crippen LogP contribution is 2.32. The Balaban J connectivity index is 0.00000112. The molecule has 1 atom stereocenters. The first-order chi connectivity index (χ1) is 6.61. The maximum atomic E-state index is 12.0. The zero-order chi connectivity index (χ0) is 10.2. The van der Waals surface area contributed by atoms with Gasteiger partial charge in [-0.1, -0.05) is 13.8 Å². The molecule has 2 rings (SSSR count). The zero-order valence-electron chi connectivity index (χ0n) is 9.58. The maximum absolute atomic E-state index is 12.0. The minimum atomic E-state index is -0.114. The first-order valence-corrected chi connectivity index (χ1v) is 5.63. The van der Waals surface area contributed by atoms with Crippen LogP contribution < -0.4 is 5.32 Å². The first kappa shape index (κ1) is 12.8. The van der Waals surface area contributed by atoms with E-state index in [0.29, 0.717) is 11.9 Å². The fraction of sp³-hybridized carbons (Fsp3) is 0.909. The minimum Gasteiger partial charge on any atom is -0.338 e. The average molecular weight is 233 g/mol. The molecule has 0 radical (unpaired) electrons. The lowest BCUT2D eigenvalue weighted by Crippen LogP contribution is -2.47. The molecular formula is C11H21ClN2O. The van der Waals surface area contributed by atoms with Crippen LogP contribution in [0.5, 0.6) is 0 Å². The van der Waals surface area contributed by atoms with E-state index in [1.165, 1.54) is 12.8 Å². The molecule has 0 aromatic heterocycles. The molecule has 0 saturated carbocycles. The van der Waals surface area contributed by atoms with E-state index >= 15 is 0 Å². The highest BCUT2D eigenvalue weighted by atomic mass is 35.5. The lowest BCUT2D eigenvalue weighted by molar-refractivity contribution is -0.136. The van der Waals surface area contributed by atoms with Gasteiger partial charge in [0.05, 0.1) is 0 Å². The van der Waals surface area contributed by atoms with Crippen molar-refractivity contribution >= 4 is 18.3 Å². The molecule has 0 aromatic carbocycles. The summed E-state index contributed by atoms with van der Waals surface area (Å²) in [4.78, 5) is 14.1. The maximum Gasteiger partial charge on any atom is 0.228 e. The van der Waals surface area contributed by atoms with Crippen LogP contribution in [0.2, 0.25) is 0 Å². The second-order valence-corrected chi connectivity index (χ2v) is 5.13. The fourth-order valence-electron chi connectivity index (χ4n) is 2.45. The van der Waals surface area contributed by atoms with E-state index in [-0.39, 0.29) is 17.8 Å². The molecule has 0 unspecified atom stereocenters. The van der Waals surface area contributed by atoms with E-state index in [2.05, 4.69) is 24.1 Å². The average Bonchev–Trinajstić information content (AvgIpc) is 2.44. The highest BCUT2D eigenvalue weighted by Gasteiger charge is 2.41. The van der Waals surface area contributed by atoms with Gasteiger partial charge in [0.15, 0.2) is 0 Å². The monoisotopic (exact) mass is 232 g/mol. The summed E-state index contributed by atoms with van der Waals surface area (Å²) in [6.45, 7) is 7.18. The first-order valence-electron chi connectivity index (χ1n) is 5.63. The van der Waals surface area contributed by atoms with Gasteiger partial charge < -0.3 is 10.2 Å². The standard InChI is InChI=1S/C11H20N2O.ClH/c1-11(2)5-7-13(10(11)14)9-4-3-6-12-8-9;/h9,12H,3-8H2,1-2H3;1H/t9-;/m0./s1. The Labute approximate surface area is 98.0 Å². The lowest BCUT2D eigenvalue weighted by Gasteiger charge is -2.32. The number of hydrogen-bond acceptors (Lipinski definition) is 2. The molecule has 0 aliphatic carbocycles. The number of halogens is 1. The fourth-order valence-corrected chi connectivity index (χ4v) is 2.45. The molecule has 0 spiro atoms. The van der Waals surface area contributed by atoms with Gasteiger partial charge >= 0.3 is 0 Å². The Morgan fingerprint density at radius 3 is 2.67 bits per heavy atom. The largest absolute Gasteiger partial charge is 0.338 e. The summed E-state index contributed by atoms with van der Waals surface area (Å²) in [5.41, 5.74) is -0.114. The van der Waals surface area contributed by atoms with Crippen LogP contribution in [-0.2, 0) is 4.79 Å². The van der Waals surface area contributed by atoms with Gasteiger partial charge in [-0.05, 0) is 25.8 Å². The van der Waals surface area contributed by atoms with Crippen molar-refractivity contribution in [3.63, 3.8) is 0 Å². The molecule has 88 valence electrons. The Morgan fingerprint density at radius 1 is 1.47 bits per heavy atom. The van der Waals surface area contributed by atoms with Gasteiger partial charge in [0.2, 0.25) is 5.91 Å². The molecule has 2 saturated heterocycles. The summed E-state index contributed by atoms with van der Waals surface area (Å²) in [5, 5.41) is 3.37. The number of nitrogens with one attached hydrogen (secondary N) is 1. The normalized spacial score (nSPS) is 30.1. The topological polar surface area (TPSA) is 32.3 Å². The van der Waals surface area contributed by atoms with Crippen molar-refractivity contribution in [3.05, 3.63) is 0 Å². The Hall–Kier alpha value is -0.280. The van der Waals surface area contributed by atoms with Crippen LogP contribution in [0.25, 0.3) is 0 Å². The molecule has 2 aliphatic rings. The van der Waals surface area contributed by atoms with E-state index in [0.717, 1.165) is 26.1 Å². The number of amides is 1. The number of carbonyl (C=O) groups is 1. The number of piperidine rings is 1. The Kier molecular flexibility index (Phi) is 4.01.